The van der Waals surface area contributed by atoms with Crippen LogP contribution in [0.3, 0.4) is 0 Å². The van der Waals surface area contributed by atoms with E-state index in [2.05, 4.69) is 9.71 Å². The fourth-order valence-corrected chi connectivity index (χ4v) is 5.07. The number of anilines is 2. The van der Waals surface area contributed by atoms with E-state index in [-0.39, 0.29) is 40.5 Å². The molecule has 172 valence electrons. The number of rotatable bonds is 7. The van der Waals surface area contributed by atoms with Crippen LogP contribution in [0.4, 0.5) is 11.5 Å². The van der Waals surface area contributed by atoms with Gasteiger partial charge in [0.25, 0.3) is 10.0 Å². The van der Waals surface area contributed by atoms with Crippen LogP contribution in [0.2, 0.25) is 0 Å². The lowest BCUT2D eigenvalue weighted by Gasteiger charge is -2.33. The Bertz CT molecular complexity index is 1110. The topological polar surface area (TPSA) is 126 Å². The van der Waals surface area contributed by atoms with E-state index in [1.807, 2.05) is 6.07 Å². The van der Waals surface area contributed by atoms with Gasteiger partial charge >= 0.3 is 11.9 Å². The summed E-state index contributed by atoms with van der Waals surface area (Å²) in [5.41, 5.74) is 1.50. The molecule has 0 aliphatic carbocycles. The molecule has 1 atom stereocenters. The quantitative estimate of drug-likeness (QED) is 0.603. The molecule has 2 heterocycles. The van der Waals surface area contributed by atoms with Gasteiger partial charge < -0.3 is 14.7 Å². The Morgan fingerprint density at radius 3 is 2.53 bits per heavy atom. The minimum atomic E-state index is -3.92. The minimum Gasteiger partial charge on any atom is -0.478 e. The molecule has 1 aromatic heterocycles. The third-order valence-corrected chi connectivity index (χ3v) is 6.56. The molecule has 9 nitrogen and oxygen atoms in total. The highest BCUT2D eigenvalue weighted by Crippen LogP contribution is 2.28. The molecule has 0 bridgehead atoms. The Morgan fingerprint density at radius 2 is 1.91 bits per heavy atom. The third-order valence-electron chi connectivity index (χ3n) is 5.20. The highest BCUT2D eigenvalue weighted by atomic mass is 32.2. The number of esters is 1. The Labute approximate surface area is 187 Å². The van der Waals surface area contributed by atoms with Crippen molar-refractivity contribution in [1.29, 1.82) is 0 Å². The van der Waals surface area contributed by atoms with E-state index in [0.29, 0.717) is 25.9 Å². The predicted octanol–water partition coefficient (Wildman–Crippen LogP) is 2.98. The van der Waals surface area contributed by atoms with Crippen molar-refractivity contribution in [3.05, 3.63) is 47.2 Å². The van der Waals surface area contributed by atoms with Crippen molar-refractivity contribution >= 4 is 33.5 Å². The summed E-state index contributed by atoms with van der Waals surface area (Å²) < 4.78 is 33.1. The van der Waals surface area contributed by atoms with Gasteiger partial charge in [-0.05, 0) is 62.9 Å². The Kier molecular flexibility index (Phi) is 7.02. The van der Waals surface area contributed by atoms with E-state index in [9.17, 15) is 23.1 Å². The van der Waals surface area contributed by atoms with Crippen LogP contribution in [0.5, 0.6) is 0 Å². The molecule has 0 radical (unpaired) electrons. The molecule has 0 spiro atoms. The Balaban J connectivity index is 1.88. The van der Waals surface area contributed by atoms with Gasteiger partial charge in [-0.2, -0.15) is 0 Å². The van der Waals surface area contributed by atoms with Gasteiger partial charge in [-0.3, -0.25) is 9.52 Å². The lowest BCUT2D eigenvalue weighted by molar-refractivity contribution is -0.148. The van der Waals surface area contributed by atoms with Gasteiger partial charge in [0.15, 0.2) is 0 Å². The number of hydrogen-bond donors (Lipinski definition) is 2. The molecular weight excluding hydrogens is 434 g/mol. The summed E-state index contributed by atoms with van der Waals surface area (Å²) in [5, 5.41) is 9.73. The number of aromatic nitrogens is 1. The SMILES string of the molecule is CCOC(=O)[C@H]1CCCN(c2ncc(NS(=O)(=O)c3cc(C)cc(C)c3)cc2C(=O)O)C1. The highest BCUT2D eigenvalue weighted by molar-refractivity contribution is 7.92. The van der Waals surface area contributed by atoms with Crippen molar-refractivity contribution in [3.63, 3.8) is 0 Å². The maximum Gasteiger partial charge on any atom is 0.339 e. The number of nitrogens with one attached hydrogen (secondary N) is 1. The fraction of sp³-hybridized carbons (Fsp3) is 0.409. The Hall–Kier alpha value is -3.14. The molecule has 0 unspecified atom stereocenters. The highest BCUT2D eigenvalue weighted by Gasteiger charge is 2.30. The number of carbonyl (C=O) groups is 2. The van der Waals surface area contributed by atoms with Crippen molar-refractivity contribution in [2.45, 2.75) is 38.5 Å². The maximum atomic E-state index is 12.8. The monoisotopic (exact) mass is 461 g/mol. The number of aromatic carboxylic acids is 1. The number of carbonyl (C=O) groups excluding carboxylic acids is 1. The average Bonchev–Trinajstić information content (AvgIpc) is 2.73. The maximum absolute atomic E-state index is 12.8. The van der Waals surface area contributed by atoms with Crippen molar-refractivity contribution in [2.24, 2.45) is 5.92 Å². The van der Waals surface area contributed by atoms with E-state index in [4.69, 9.17) is 4.74 Å². The second-order valence-electron chi connectivity index (χ2n) is 7.87. The smallest absolute Gasteiger partial charge is 0.339 e. The molecule has 1 saturated heterocycles. The first-order valence-corrected chi connectivity index (χ1v) is 11.8. The number of benzene rings is 1. The molecule has 1 aliphatic heterocycles. The number of sulfonamides is 1. The second kappa shape index (κ2) is 9.56. The van der Waals surface area contributed by atoms with Crippen LogP contribution in [0.25, 0.3) is 0 Å². The number of nitrogens with zero attached hydrogens (tertiary/aromatic N) is 2. The first-order valence-electron chi connectivity index (χ1n) is 10.4. The number of hydrogen-bond acceptors (Lipinski definition) is 7. The molecule has 3 rings (SSSR count). The molecule has 32 heavy (non-hydrogen) atoms. The van der Waals surface area contributed by atoms with Gasteiger partial charge in [0.2, 0.25) is 0 Å². The Morgan fingerprint density at radius 1 is 1.22 bits per heavy atom. The van der Waals surface area contributed by atoms with E-state index >= 15 is 0 Å². The second-order valence-corrected chi connectivity index (χ2v) is 9.55. The molecule has 1 aliphatic rings. The van der Waals surface area contributed by atoms with Crippen LogP contribution in [0.15, 0.2) is 35.4 Å². The van der Waals surface area contributed by atoms with Crippen molar-refractivity contribution < 1.29 is 27.9 Å². The van der Waals surface area contributed by atoms with Crippen LogP contribution in [0.1, 0.15) is 41.3 Å². The summed E-state index contributed by atoms with van der Waals surface area (Å²) in [6.07, 6.45) is 2.63. The van der Waals surface area contributed by atoms with Gasteiger partial charge in [0.05, 0.1) is 29.3 Å². The summed E-state index contributed by atoms with van der Waals surface area (Å²) in [5.74, 6) is -1.72. The van der Waals surface area contributed by atoms with Gasteiger partial charge in [-0.1, -0.05) is 6.07 Å². The van der Waals surface area contributed by atoms with E-state index < -0.39 is 16.0 Å². The van der Waals surface area contributed by atoms with E-state index in [0.717, 1.165) is 11.1 Å². The first kappa shape index (κ1) is 23.5. The van der Waals surface area contributed by atoms with Crippen molar-refractivity contribution in [2.75, 3.05) is 29.3 Å². The summed E-state index contributed by atoms with van der Waals surface area (Å²) in [6, 6.07) is 6.19. The van der Waals surface area contributed by atoms with Crippen LogP contribution in [-0.4, -0.2) is 50.1 Å². The van der Waals surface area contributed by atoms with Crippen molar-refractivity contribution in [3.8, 4) is 0 Å². The third kappa shape index (κ3) is 5.37. The summed E-state index contributed by atoms with van der Waals surface area (Å²) in [6.45, 7) is 6.44. The van der Waals surface area contributed by atoms with Crippen LogP contribution < -0.4 is 9.62 Å². The number of carboxylic acid groups (broad SMARTS) is 1. The summed E-state index contributed by atoms with van der Waals surface area (Å²) in [7, 11) is -3.92. The molecule has 1 aromatic carbocycles. The molecule has 2 aromatic rings. The number of pyridine rings is 1. The zero-order valence-electron chi connectivity index (χ0n) is 18.3. The number of aryl methyl sites for hydroxylation is 2. The largest absolute Gasteiger partial charge is 0.478 e. The molecule has 10 heteroatoms. The average molecular weight is 462 g/mol. The van der Waals surface area contributed by atoms with Crippen molar-refractivity contribution in [1.82, 2.24) is 4.98 Å². The summed E-state index contributed by atoms with van der Waals surface area (Å²) >= 11 is 0. The van der Waals surface area contributed by atoms with Gasteiger partial charge in [0.1, 0.15) is 11.4 Å². The van der Waals surface area contributed by atoms with E-state index in [1.165, 1.54) is 12.3 Å². The zero-order chi connectivity index (χ0) is 23.5. The van der Waals surface area contributed by atoms with E-state index in [1.54, 1.807) is 37.8 Å². The lowest BCUT2D eigenvalue weighted by atomic mass is 9.98. The standard InChI is InChI=1S/C22H27N3O6S/c1-4-31-22(28)16-6-5-7-25(13-16)20-19(21(26)27)11-17(12-23-20)24-32(29,30)18-9-14(2)8-15(3)10-18/h8-12,16,24H,4-7,13H2,1-3H3,(H,26,27)/t16-/m0/s1. The fourth-order valence-electron chi connectivity index (χ4n) is 3.85. The van der Waals surface area contributed by atoms with Gasteiger partial charge in [0, 0.05) is 13.1 Å². The molecular formula is C22H27N3O6S. The van der Waals surface area contributed by atoms with Gasteiger partial charge in [-0.15, -0.1) is 0 Å². The van der Waals surface area contributed by atoms with Gasteiger partial charge in [-0.25, -0.2) is 18.2 Å². The van der Waals surface area contributed by atoms with Crippen LogP contribution >= 0.6 is 0 Å². The number of piperidine rings is 1. The lowest BCUT2D eigenvalue weighted by Crippen LogP contribution is -2.40. The molecule has 0 saturated carbocycles. The van der Waals surface area contributed by atoms with Crippen LogP contribution in [-0.2, 0) is 19.6 Å². The molecule has 2 N–H and O–H groups in total. The number of carboxylic acids is 1. The number of ether oxygens (including phenoxy) is 1. The summed E-state index contributed by atoms with van der Waals surface area (Å²) in [4.78, 5) is 30.1. The minimum absolute atomic E-state index is 0.0456. The first-order chi connectivity index (χ1) is 15.1. The zero-order valence-corrected chi connectivity index (χ0v) is 19.1. The normalized spacial score (nSPS) is 16.5. The van der Waals surface area contributed by atoms with Crippen LogP contribution in [0, 0.1) is 19.8 Å². The molecule has 1 fully saturated rings. The molecule has 0 amide bonds. The predicted molar refractivity (Wildman–Crippen MR) is 119 cm³/mol.